The number of nitrogens with zero attached hydrogens (tertiary/aromatic N) is 3. The number of carbonyl (C=O) groups is 1. The minimum atomic E-state index is -3.66. The summed E-state index contributed by atoms with van der Waals surface area (Å²) < 4.78 is 38.9. The quantitative estimate of drug-likeness (QED) is 0.570. The number of hydrogen-bond acceptors (Lipinski definition) is 6. The van der Waals surface area contributed by atoms with E-state index in [0.29, 0.717) is 58.0 Å². The van der Waals surface area contributed by atoms with Gasteiger partial charge in [0.25, 0.3) is 5.91 Å². The van der Waals surface area contributed by atoms with Crippen molar-refractivity contribution >= 4 is 21.6 Å². The third-order valence-corrected chi connectivity index (χ3v) is 8.06. The van der Waals surface area contributed by atoms with Crippen molar-refractivity contribution in [3.8, 4) is 0 Å². The lowest BCUT2D eigenvalue weighted by Gasteiger charge is -2.32. The van der Waals surface area contributed by atoms with Gasteiger partial charge in [-0.2, -0.15) is 4.31 Å². The zero-order chi connectivity index (χ0) is 22.4. The first-order valence-corrected chi connectivity index (χ1v) is 12.7. The fourth-order valence-electron chi connectivity index (χ4n) is 4.20. The van der Waals surface area contributed by atoms with Crippen molar-refractivity contribution in [2.75, 3.05) is 64.0 Å². The van der Waals surface area contributed by atoms with Crippen molar-refractivity contribution in [3.05, 3.63) is 23.8 Å². The van der Waals surface area contributed by atoms with Gasteiger partial charge in [0.05, 0.1) is 29.8 Å². The molecule has 8 nitrogen and oxygen atoms in total. The van der Waals surface area contributed by atoms with Gasteiger partial charge in [-0.25, -0.2) is 8.42 Å². The molecule has 2 fully saturated rings. The molecule has 2 saturated heterocycles. The SMILES string of the molecule is CCN(CC1CCCO1)C(=O)c1cc(S(=O)(=O)N(CC)CC)ccc1N1CCOCC1. The molecular weight excluding hydrogens is 418 g/mol. The van der Waals surface area contributed by atoms with E-state index < -0.39 is 10.0 Å². The number of sulfonamides is 1. The van der Waals surface area contributed by atoms with Crippen LogP contribution in [0.5, 0.6) is 0 Å². The van der Waals surface area contributed by atoms with Crippen LogP contribution in [0.3, 0.4) is 0 Å². The van der Waals surface area contributed by atoms with Gasteiger partial charge in [0, 0.05) is 51.6 Å². The van der Waals surface area contributed by atoms with Gasteiger partial charge in [-0.15, -0.1) is 0 Å². The van der Waals surface area contributed by atoms with Gasteiger partial charge in [-0.3, -0.25) is 4.79 Å². The highest BCUT2D eigenvalue weighted by molar-refractivity contribution is 7.89. The maximum atomic E-state index is 13.6. The van der Waals surface area contributed by atoms with Crippen molar-refractivity contribution in [1.82, 2.24) is 9.21 Å². The maximum Gasteiger partial charge on any atom is 0.256 e. The molecule has 0 aromatic heterocycles. The maximum absolute atomic E-state index is 13.6. The normalized spacial score (nSPS) is 19.7. The molecule has 9 heteroatoms. The standard InChI is InChI=1S/C22H35N3O5S/c1-4-23(17-18-8-7-13-30-18)22(26)20-16-19(31(27,28)25(5-2)6-3)9-10-21(20)24-11-14-29-15-12-24/h9-10,16,18H,4-8,11-15,17H2,1-3H3. The molecule has 174 valence electrons. The molecule has 31 heavy (non-hydrogen) atoms. The molecule has 0 bridgehead atoms. The second kappa shape index (κ2) is 10.8. The van der Waals surface area contributed by atoms with E-state index >= 15 is 0 Å². The molecule has 1 aromatic rings. The zero-order valence-electron chi connectivity index (χ0n) is 18.9. The number of rotatable bonds is 9. The lowest BCUT2D eigenvalue weighted by Crippen LogP contribution is -2.40. The van der Waals surface area contributed by atoms with Crippen LogP contribution in [0.1, 0.15) is 44.0 Å². The number of amides is 1. The number of anilines is 1. The van der Waals surface area contributed by atoms with Crippen molar-refractivity contribution in [3.63, 3.8) is 0 Å². The minimum Gasteiger partial charge on any atom is -0.378 e. The van der Waals surface area contributed by atoms with E-state index in [1.54, 1.807) is 23.1 Å². The summed E-state index contributed by atoms with van der Waals surface area (Å²) in [5.41, 5.74) is 1.19. The van der Waals surface area contributed by atoms with Crippen LogP contribution in [0, 0.1) is 0 Å². The average molecular weight is 454 g/mol. The predicted octanol–water partition coefficient (Wildman–Crippen LogP) is 2.19. The molecule has 1 atom stereocenters. The Morgan fingerprint density at radius 1 is 1.10 bits per heavy atom. The summed E-state index contributed by atoms with van der Waals surface area (Å²) in [7, 11) is -3.66. The molecule has 0 radical (unpaired) electrons. The van der Waals surface area contributed by atoms with Gasteiger partial charge in [-0.1, -0.05) is 13.8 Å². The number of likely N-dealkylation sites (N-methyl/N-ethyl adjacent to an activating group) is 1. The molecule has 1 unspecified atom stereocenters. The molecule has 0 aliphatic carbocycles. The van der Waals surface area contributed by atoms with Crippen molar-refractivity contribution < 1.29 is 22.7 Å². The van der Waals surface area contributed by atoms with Crippen molar-refractivity contribution in [2.24, 2.45) is 0 Å². The summed E-state index contributed by atoms with van der Waals surface area (Å²) in [5.74, 6) is -0.156. The third kappa shape index (κ3) is 5.39. The van der Waals surface area contributed by atoms with Gasteiger partial charge < -0.3 is 19.3 Å². The Morgan fingerprint density at radius 3 is 2.39 bits per heavy atom. The summed E-state index contributed by atoms with van der Waals surface area (Å²) in [6.07, 6.45) is 1.99. The summed E-state index contributed by atoms with van der Waals surface area (Å²) in [4.78, 5) is 17.6. The van der Waals surface area contributed by atoms with E-state index in [4.69, 9.17) is 9.47 Å². The molecule has 3 rings (SSSR count). The highest BCUT2D eigenvalue weighted by Gasteiger charge is 2.29. The topological polar surface area (TPSA) is 79.4 Å². The van der Waals surface area contributed by atoms with Gasteiger partial charge >= 0.3 is 0 Å². The third-order valence-electron chi connectivity index (χ3n) is 6.01. The van der Waals surface area contributed by atoms with E-state index in [9.17, 15) is 13.2 Å². The van der Waals surface area contributed by atoms with Crippen LogP contribution in [0.25, 0.3) is 0 Å². The number of morpholine rings is 1. The van der Waals surface area contributed by atoms with Crippen LogP contribution in [-0.4, -0.2) is 88.7 Å². The molecule has 2 heterocycles. The molecule has 1 amide bonds. The van der Waals surface area contributed by atoms with Gasteiger partial charge in [0.1, 0.15) is 0 Å². The lowest BCUT2D eigenvalue weighted by molar-refractivity contribution is 0.0539. The Balaban J connectivity index is 1.99. The van der Waals surface area contributed by atoms with Crippen LogP contribution in [0.4, 0.5) is 5.69 Å². The number of ether oxygens (including phenoxy) is 2. The average Bonchev–Trinajstić information content (AvgIpc) is 3.31. The smallest absolute Gasteiger partial charge is 0.256 e. The Kier molecular flexibility index (Phi) is 8.32. The van der Waals surface area contributed by atoms with E-state index in [2.05, 4.69) is 4.90 Å². The van der Waals surface area contributed by atoms with E-state index in [0.717, 1.165) is 25.1 Å². The highest BCUT2D eigenvalue weighted by Crippen LogP contribution is 2.28. The molecule has 0 N–H and O–H groups in total. The summed E-state index contributed by atoms with van der Waals surface area (Å²) in [5, 5.41) is 0. The first-order valence-electron chi connectivity index (χ1n) is 11.3. The Labute approximate surface area is 186 Å². The summed E-state index contributed by atoms with van der Waals surface area (Å²) >= 11 is 0. The zero-order valence-corrected chi connectivity index (χ0v) is 19.7. The van der Waals surface area contributed by atoms with Crippen LogP contribution < -0.4 is 4.90 Å². The second-order valence-electron chi connectivity index (χ2n) is 7.85. The number of benzene rings is 1. The lowest BCUT2D eigenvalue weighted by atomic mass is 10.1. The summed E-state index contributed by atoms with van der Waals surface area (Å²) in [6, 6.07) is 4.94. The molecule has 0 spiro atoms. The molecule has 2 aliphatic heterocycles. The van der Waals surface area contributed by atoms with E-state index in [1.165, 1.54) is 4.31 Å². The van der Waals surface area contributed by atoms with E-state index in [1.807, 2.05) is 20.8 Å². The van der Waals surface area contributed by atoms with Gasteiger partial charge in [0.15, 0.2) is 0 Å². The monoisotopic (exact) mass is 453 g/mol. The largest absolute Gasteiger partial charge is 0.378 e. The molecule has 1 aromatic carbocycles. The van der Waals surface area contributed by atoms with Gasteiger partial charge in [-0.05, 0) is 38.0 Å². The van der Waals surface area contributed by atoms with Crippen LogP contribution >= 0.6 is 0 Å². The number of hydrogen-bond donors (Lipinski definition) is 0. The highest BCUT2D eigenvalue weighted by atomic mass is 32.2. The van der Waals surface area contributed by atoms with Crippen molar-refractivity contribution in [1.29, 1.82) is 0 Å². The van der Waals surface area contributed by atoms with Crippen LogP contribution in [0.2, 0.25) is 0 Å². The summed E-state index contributed by atoms with van der Waals surface area (Å²) in [6.45, 7) is 10.6. The fraction of sp³-hybridized carbons (Fsp3) is 0.682. The first kappa shape index (κ1) is 24.0. The van der Waals surface area contributed by atoms with E-state index in [-0.39, 0.29) is 16.9 Å². The number of carbonyl (C=O) groups excluding carboxylic acids is 1. The molecular formula is C22H35N3O5S. The molecule has 0 saturated carbocycles. The first-order chi connectivity index (χ1) is 14.9. The Bertz CT molecular complexity index is 845. The van der Waals surface area contributed by atoms with Crippen LogP contribution in [0.15, 0.2) is 23.1 Å². The fourth-order valence-corrected chi connectivity index (χ4v) is 5.68. The second-order valence-corrected chi connectivity index (χ2v) is 9.78. The van der Waals surface area contributed by atoms with Gasteiger partial charge in [0.2, 0.25) is 10.0 Å². The molecule has 2 aliphatic rings. The predicted molar refractivity (Wildman–Crippen MR) is 120 cm³/mol. The minimum absolute atomic E-state index is 0.0401. The Morgan fingerprint density at radius 2 is 1.81 bits per heavy atom. The Hall–Kier alpha value is -1.68. The van der Waals surface area contributed by atoms with Crippen LogP contribution in [-0.2, 0) is 19.5 Å². The van der Waals surface area contributed by atoms with Crippen molar-refractivity contribution in [2.45, 2.75) is 44.6 Å².